The van der Waals surface area contributed by atoms with Gasteiger partial charge in [-0.25, -0.2) is 0 Å². The van der Waals surface area contributed by atoms with Crippen LogP contribution in [-0.4, -0.2) is 325 Å². The number of aliphatic carboxylic acids is 2. The number of nitrogens with one attached hydrogen (secondary N) is 20. The lowest BCUT2D eigenvalue weighted by atomic mass is 9.98. The van der Waals surface area contributed by atoms with Gasteiger partial charge in [-0.1, -0.05) is 79.7 Å². The maximum atomic E-state index is 14.9. The molecule has 1 saturated heterocycles. The Labute approximate surface area is 871 Å². The van der Waals surface area contributed by atoms with E-state index in [2.05, 4.69) is 114 Å². The Kier molecular flexibility index (Phi) is 54.6. The molecule has 20 atom stereocenters. The zero-order valence-electron chi connectivity index (χ0n) is 86.2. The van der Waals surface area contributed by atoms with Crippen LogP contribution in [0, 0.1) is 29.1 Å². The number of nitrogens with zero attached hydrogens (tertiary/aromatic N) is 1. The zero-order valence-corrected chi connectivity index (χ0v) is 87.1. The maximum absolute atomic E-state index is 14.9. The third-order valence-corrected chi connectivity index (χ3v) is 23.8. The Morgan fingerprint density at radius 3 is 1.13 bits per heavy atom. The molecule has 55 nitrogen and oxygen atoms in total. The Bertz CT molecular complexity index is 5090. The normalized spacial score (nSPS) is 16.0. The molecule has 2 aromatic rings. The summed E-state index contributed by atoms with van der Waals surface area (Å²) in [4.78, 5) is 327. The number of nitrogens with two attached hydrogens (primary N) is 5. The second-order valence-corrected chi connectivity index (χ2v) is 38.4. The van der Waals surface area contributed by atoms with Crippen molar-refractivity contribution in [1.29, 1.82) is 5.41 Å². The fourth-order valence-corrected chi connectivity index (χ4v) is 15.3. The first-order chi connectivity index (χ1) is 70.1. The molecule has 1 fully saturated rings. The molecule has 56 heteroatoms. The molecule has 2 aromatic carbocycles. The molecule has 1 heterocycles. The number of aliphatic hydroxyl groups excluding tert-OH is 1. The number of likely N-dealkylation sites (tertiary alicyclic amines) is 1. The number of guanidine groups is 1. The number of hydrogen-bond acceptors (Lipinski definition) is 30. The summed E-state index contributed by atoms with van der Waals surface area (Å²) >= 11 is 4.21. The van der Waals surface area contributed by atoms with Crippen LogP contribution in [0.15, 0.2) is 48.5 Å². The molecule has 0 aliphatic carbocycles. The molecule has 0 spiro atoms. The molecule has 834 valence electrons. The summed E-state index contributed by atoms with van der Waals surface area (Å²) in [5, 5.41) is 104. The van der Waals surface area contributed by atoms with E-state index < -0.39 is 338 Å². The largest absolute Gasteiger partial charge is 0.508 e. The summed E-state index contributed by atoms with van der Waals surface area (Å²) in [6.45, 7) is 19.2. The smallest absolute Gasteiger partial charge is 0.325 e. The maximum Gasteiger partial charge on any atom is 0.325 e. The minimum absolute atomic E-state index is 0.00835. The molecule has 1 aliphatic rings. The van der Waals surface area contributed by atoms with Crippen molar-refractivity contribution in [2.45, 2.75) is 314 Å². The molecule has 0 saturated carbocycles. The van der Waals surface area contributed by atoms with Gasteiger partial charge in [0.15, 0.2) is 5.96 Å². The van der Waals surface area contributed by atoms with Crippen molar-refractivity contribution in [3.05, 3.63) is 59.7 Å². The average Bonchev–Trinajstić information content (AvgIpc) is 1.65. The number of carboxylic acid groups (broad SMARTS) is 2. The van der Waals surface area contributed by atoms with Crippen LogP contribution in [0.1, 0.15) is 192 Å². The second kappa shape index (κ2) is 63.5. The van der Waals surface area contributed by atoms with E-state index in [0.717, 1.165) is 20.8 Å². The predicted octanol–water partition coefficient (Wildman–Crippen LogP) is -9.01. The SMILES string of the molecule is CC(C)C[C@H](NC(=O)[C@H](Cc1ccc(O)cc1)NC(=O)[C@@H]1CCCN1C(=O)[C@H](CC(C)C)NC(=O)[C@H](CC(N)=O)NC(=O)[C@H](CCC(=O)O)NC(=O)CN)C(=O)N[C@H](C(=O)N[C@@H](C)C(=O)N[C@@H](Cc1ccc(O)cc1)C(=O)N[C@@H](CCC(N)=O)C(=O)N[C@@H](C)C(=O)N[C@H](C(=O)N[C@H](C(=O)N[C@@H](CS)C(=O)N[C@@H](C)C(=O)N[C@@H](CCCNC(=N)N)C(=O)N[C@@H](C)C(=O)N[C@@H](CCC(N)=O)C(=O)N[C@@H](C)C(=O)O)C(C)C)[C@@H](C)O)C(C)C. The van der Waals surface area contributed by atoms with Crippen LogP contribution in [0.4, 0.5) is 0 Å². The van der Waals surface area contributed by atoms with Crippen molar-refractivity contribution in [2.75, 3.05) is 25.4 Å². The van der Waals surface area contributed by atoms with E-state index in [-0.39, 0.29) is 87.8 Å². The fourth-order valence-electron chi connectivity index (χ4n) is 15.0. The standard InChI is InChI=1S/C94H148N26O29S/c1-42(2)35-60(112-84(139)62(38-53-21-25-55(123)26-22-53)114-88(143)66-18-16-34-120(66)92(147)64(36-43(3)4)115-85(140)63(39-69(98)126)113-82(137)57(29-32-71(128)129)107-70(127)40-95)86(141)117-72(44(5)6)89(144)105-48(11)77(132)111-61(37-52-19-23-54(122)24-20-52)83(138)110-59(28-31-68(97)125)80(135)103-49(12)78(133)119-74(51(14)121)91(146)118-73(45(7)8)90(145)116-65(41-150)87(142)104-47(10)75(130)108-56(17-15-33-101-94(99)100)79(134)102-46(9)76(131)109-58(27-30-67(96)124)81(136)106-50(13)93(148)149/h19-26,42-51,56-66,72-74,121-123,150H,15-18,27-41,95H2,1-14H3,(H2,96,124)(H2,97,125)(H2,98,126)(H,102,134)(H,103,135)(H,104,142)(H,105,144)(H,106,136)(H,107,127)(H,108,130)(H,109,131)(H,110,138)(H,111,132)(H,112,139)(H,113,137)(H,114,143)(H,115,140)(H,116,145)(H,117,141)(H,118,146)(H,119,133)(H,128,129)(H,148,149)(H4,99,100,101)/t46-,47-,48-,49-,50-,51+,56-,57-,58-,59-,60-,61-,62-,63-,64-,65-,66-,72-,73-,74-/m0/s1. The highest BCUT2D eigenvalue weighted by molar-refractivity contribution is 7.80. The monoisotopic (exact) mass is 2140 g/mol. The Morgan fingerprint density at radius 1 is 0.380 bits per heavy atom. The van der Waals surface area contributed by atoms with Crippen LogP contribution in [-0.2, 0) is 128 Å². The van der Waals surface area contributed by atoms with Gasteiger partial charge in [0.05, 0.1) is 19.1 Å². The number of phenols is 2. The average molecular weight is 2140 g/mol. The minimum atomic E-state index is -1.92. The number of benzene rings is 2. The van der Waals surface area contributed by atoms with E-state index in [4.69, 9.17) is 34.1 Å². The highest BCUT2D eigenvalue weighted by atomic mass is 32.1. The van der Waals surface area contributed by atoms with Crippen molar-refractivity contribution in [1.82, 2.24) is 106 Å². The molecule has 150 heavy (non-hydrogen) atoms. The molecule has 0 bridgehead atoms. The van der Waals surface area contributed by atoms with Gasteiger partial charge >= 0.3 is 11.9 Å². The van der Waals surface area contributed by atoms with Gasteiger partial charge in [-0.05, 0) is 158 Å². The lowest BCUT2D eigenvalue weighted by Crippen LogP contribution is -2.62. The number of primary amides is 3. The lowest BCUT2D eigenvalue weighted by Gasteiger charge is -2.32. The van der Waals surface area contributed by atoms with Crippen molar-refractivity contribution >= 4 is 160 Å². The zero-order chi connectivity index (χ0) is 114. The molecule has 3 rings (SSSR count). The summed E-state index contributed by atoms with van der Waals surface area (Å²) < 4.78 is 0. The van der Waals surface area contributed by atoms with Crippen molar-refractivity contribution in [3.8, 4) is 11.5 Å². The number of aliphatic hydroxyl groups is 1. The van der Waals surface area contributed by atoms with Gasteiger partial charge in [-0.2, -0.15) is 12.6 Å². The third kappa shape index (κ3) is 45.7. The van der Waals surface area contributed by atoms with E-state index in [1.165, 1.54) is 102 Å². The molecule has 35 N–H and O–H groups in total. The molecular formula is C94H148N26O29S. The topological polar surface area (TPSA) is 897 Å². The Hall–Kier alpha value is -15.1. The number of aromatic hydroxyl groups is 2. The van der Waals surface area contributed by atoms with Crippen molar-refractivity contribution < 1.29 is 141 Å². The molecule has 0 radical (unpaired) electrons. The number of carbonyl (C=O) groups excluding carboxylic acids is 22. The molecule has 0 aromatic heterocycles. The summed E-state index contributed by atoms with van der Waals surface area (Å²) in [5.74, 6) is -28.5. The Balaban J connectivity index is 1.86. The predicted molar refractivity (Wildman–Crippen MR) is 539 cm³/mol. The van der Waals surface area contributed by atoms with E-state index in [1.807, 2.05) is 0 Å². The van der Waals surface area contributed by atoms with Crippen LogP contribution in [0.3, 0.4) is 0 Å². The van der Waals surface area contributed by atoms with Gasteiger partial charge in [0.2, 0.25) is 130 Å². The quantitative estimate of drug-likeness (QED) is 0.0127. The van der Waals surface area contributed by atoms with E-state index in [0.29, 0.717) is 11.1 Å². The second-order valence-electron chi connectivity index (χ2n) is 38.0. The first kappa shape index (κ1) is 129. The van der Waals surface area contributed by atoms with Gasteiger partial charge in [-0.3, -0.25) is 120 Å². The van der Waals surface area contributed by atoms with E-state index >= 15 is 0 Å². The summed E-state index contributed by atoms with van der Waals surface area (Å²) in [6.07, 6.45) is -6.34. The van der Waals surface area contributed by atoms with Crippen LogP contribution >= 0.6 is 12.6 Å². The number of thiol groups is 1. The highest BCUT2D eigenvalue weighted by Gasteiger charge is 2.44. The van der Waals surface area contributed by atoms with Crippen LogP contribution in [0.25, 0.3) is 0 Å². The van der Waals surface area contributed by atoms with Gasteiger partial charge in [0.25, 0.3) is 0 Å². The summed E-state index contributed by atoms with van der Waals surface area (Å²) in [7, 11) is 0. The third-order valence-electron chi connectivity index (χ3n) is 23.4. The van der Waals surface area contributed by atoms with Gasteiger partial charge in [0, 0.05) is 50.9 Å². The van der Waals surface area contributed by atoms with E-state index in [1.54, 1.807) is 27.7 Å². The van der Waals surface area contributed by atoms with Crippen LogP contribution < -0.4 is 130 Å². The van der Waals surface area contributed by atoms with Crippen molar-refractivity contribution in [3.63, 3.8) is 0 Å². The first-order valence-corrected chi connectivity index (χ1v) is 49.4. The summed E-state index contributed by atoms with van der Waals surface area (Å²) in [5.41, 5.74) is 27.7. The fraction of sp³-hybridized carbons (Fsp3) is 0.606. The number of carbonyl (C=O) groups is 24. The van der Waals surface area contributed by atoms with Gasteiger partial charge < -0.3 is 160 Å². The molecule has 22 amide bonds. The summed E-state index contributed by atoms with van der Waals surface area (Å²) in [6, 6.07) is -18.9. The van der Waals surface area contributed by atoms with Crippen LogP contribution in [0.2, 0.25) is 0 Å². The molecule has 0 unspecified atom stereocenters. The molecule has 1 aliphatic heterocycles. The van der Waals surface area contributed by atoms with E-state index in [9.17, 15) is 141 Å². The highest BCUT2D eigenvalue weighted by Crippen LogP contribution is 2.24. The number of hydrogen-bond donors (Lipinski definition) is 31. The van der Waals surface area contributed by atoms with Gasteiger partial charge in [0.1, 0.15) is 126 Å². The number of phenolic OH excluding ortho intramolecular Hbond substituents is 2. The minimum Gasteiger partial charge on any atom is -0.508 e. The number of rotatable bonds is 65. The lowest BCUT2D eigenvalue weighted by molar-refractivity contribution is -0.143. The van der Waals surface area contributed by atoms with Crippen LogP contribution in [0.5, 0.6) is 11.5 Å². The molecular weight excluding hydrogens is 1990 g/mol. The van der Waals surface area contributed by atoms with Crippen molar-refractivity contribution in [2.24, 2.45) is 52.3 Å². The Morgan fingerprint density at radius 2 is 0.713 bits per heavy atom. The number of carboxylic acids is 2. The number of amides is 22. The first-order valence-electron chi connectivity index (χ1n) is 48.8. The van der Waals surface area contributed by atoms with Gasteiger partial charge in [-0.15, -0.1) is 0 Å².